The first-order valence-electron chi connectivity index (χ1n) is 6.73. The number of phenols is 1. The van der Waals surface area contributed by atoms with Gasteiger partial charge in [0.05, 0.1) is 18.6 Å². The number of rotatable bonds is 6. The number of hydrogen-bond acceptors (Lipinski definition) is 6. The molecule has 118 valence electrons. The number of aliphatic carboxylic acids is 1. The number of furan rings is 1. The van der Waals surface area contributed by atoms with Gasteiger partial charge >= 0.3 is 5.97 Å². The van der Waals surface area contributed by atoms with Gasteiger partial charge in [0.15, 0.2) is 11.0 Å². The maximum Gasteiger partial charge on any atom is 0.313 e. The fourth-order valence-electron chi connectivity index (χ4n) is 2.05. The molecular formula is C15H13N3O4S. The second kappa shape index (κ2) is 6.57. The quantitative estimate of drug-likeness (QED) is 0.669. The molecule has 0 saturated heterocycles. The molecule has 3 rings (SSSR count). The summed E-state index contributed by atoms with van der Waals surface area (Å²) in [5.41, 5.74) is 0.768. The van der Waals surface area contributed by atoms with Crippen LogP contribution in [0.25, 0.3) is 11.4 Å². The molecule has 0 aliphatic rings. The number of carbonyl (C=O) groups is 1. The number of benzene rings is 1. The minimum Gasteiger partial charge on any atom is -0.508 e. The van der Waals surface area contributed by atoms with Gasteiger partial charge in [-0.3, -0.25) is 9.36 Å². The molecule has 2 N–H and O–H groups in total. The summed E-state index contributed by atoms with van der Waals surface area (Å²) >= 11 is 1.09. The van der Waals surface area contributed by atoms with E-state index in [1.807, 2.05) is 6.07 Å². The third kappa shape index (κ3) is 3.54. The Balaban J connectivity index is 1.97. The molecule has 0 unspecified atom stereocenters. The third-order valence-corrected chi connectivity index (χ3v) is 4.01. The van der Waals surface area contributed by atoms with Crippen LogP contribution in [0.5, 0.6) is 5.75 Å². The fourth-order valence-corrected chi connectivity index (χ4v) is 2.70. The summed E-state index contributed by atoms with van der Waals surface area (Å²) in [7, 11) is 0. The highest BCUT2D eigenvalue weighted by Gasteiger charge is 2.16. The normalized spacial score (nSPS) is 10.8. The van der Waals surface area contributed by atoms with Gasteiger partial charge in [-0.2, -0.15) is 0 Å². The molecule has 23 heavy (non-hydrogen) atoms. The molecule has 2 heterocycles. The van der Waals surface area contributed by atoms with Crippen molar-refractivity contribution in [1.29, 1.82) is 0 Å². The van der Waals surface area contributed by atoms with E-state index in [1.165, 1.54) is 0 Å². The van der Waals surface area contributed by atoms with Crippen LogP contribution in [0.4, 0.5) is 0 Å². The van der Waals surface area contributed by atoms with E-state index in [0.29, 0.717) is 23.3 Å². The number of hydrogen-bond donors (Lipinski definition) is 2. The molecule has 3 aromatic rings. The molecule has 8 heteroatoms. The largest absolute Gasteiger partial charge is 0.508 e. The van der Waals surface area contributed by atoms with Gasteiger partial charge in [-0.05, 0) is 36.4 Å². The molecule has 0 fully saturated rings. The van der Waals surface area contributed by atoms with Gasteiger partial charge in [0.1, 0.15) is 11.5 Å². The Morgan fingerprint density at radius 2 is 2.00 bits per heavy atom. The lowest BCUT2D eigenvalue weighted by Gasteiger charge is -2.08. The van der Waals surface area contributed by atoms with E-state index < -0.39 is 5.97 Å². The summed E-state index contributed by atoms with van der Waals surface area (Å²) in [4.78, 5) is 10.8. The van der Waals surface area contributed by atoms with Crippen molar-refractivity contribution in [2.24, 2.45) is 0 Å². The van der Waals surface area contributed by atoms with E-state index in [0.717, 1.165) is 17.3 Å². The molecule has 0 bridgehead atoms. The maximum absolute atomic E-state index is 10.8. The van der Waals surface area contributed by atoms with Crippen LogP contribution in [-0.2, 0) is 11.3 Å². The summed E-state index contributed by atoms with van der Waals surface area (Å²) in [6.45, 7) is 0.387. The van der Waals surface area contributed by atoms with Crippen LogP contribution in [0.2, 0.25) is 0 Å². The number of carboxylic acid groups (broad SMARTS) is 1. The first kappa shape index (κ1) is 15.2. The number of aromatic nitrogens is 3. The molecule has 0 radical (unpaired) electrons. The summed E-state index contributed by atoms with van der Waals surface area (Å²) < 4.78 is 7.15. The van der Waals surface area contributed by atoms with E-state index >= 15 is 0 Å². The van der Waals surface area contributed by atoms with Gasteiger partial charge in [-0.15, -0.1) is 10.2 Å². The second-order valence-electron chi connectivity index (χ2n) is 4.70. The van der Waals surface area contributed by atoms with Gasteiger partial charge in [0.2, 0.25) is 0 Å². The molecule has 0 spiro atoms. The van der Waals surface area contributed by atoms with Gasteiger partial charge in [-0.1, -0.05) is 11.8 Å². The van der Waals surface area contributed by atoms with Crippen molar-refractivity contribution >= 4 is 17.7 Å². The first-order valence-corrected chi connectivity index (χ1v) is 7.71. The van der Waals surface area contributed by atoms with Crippen molar-refractivity contribution in [3.63, 3.8) is 0 Å². The number of aromatic hydroxyl groups is 1. The minimum atomic E-state index is -0.922. The molecule has 1 aromatic carbocycles. The van der Waals surface area contributed by atoms with Gasteiger partial charge < -0.3 is 14.6 Å². The predicted molar refractivity (Wildman–Crippen MR) is 83.3 cm³/mol. The fraction of sp³-hybridized carbons (Fsp3) is 0.133. The van der Waals surface area contributed by atoms with Crippen molar-refractivity contribution in [1.82, 2.24) is 14.8 Å². The zero-order valence-electron chi connectivity index (χ0n) is 11.9. The molecule has 0 aliphatic heterocycles. The van der Waals surface area contributed by atoms with E-state index in [1.54, 1.807) is 41.2 Å². The first-order chi connectivity index (χ1) is 11.1. The number of nitrogens with zero attached hydrogens (tertiary/aromatic N) is 3. The van der Waals surface area contributed by atoms with E-state index in [-0.39, 0.29) is 11.5 Å². The SMILES string of the molecule is O=C(O)CSc1nnc(-c2ccc(O)cc2)n1Cc1ccco1. The molecule has 2 aromatic heterocycles. The van der Waals surface area contributed by atoms with Crippen LogP contribution < -0.4 is 0 Å². The Labute approximate surface area is 135 Å². The summed E-state index contributed by atoms with van der Waals surface area (Å²) in [6.07, 6.45) is 1.57. The minimum absolute atomic E-state index is 0.105. The number of carboxylic acids is 1. The topological polar surface area (TPSA) is 101 Å². The Bertz CT molecular complexity index is 797. The lowest BCUT2D eigenvalue weighted by Crippen LogP contribution is -2.05. The highest BCUT2D eigenvalue weighted by molar-refractivity contribution is 7.99. The van der Waals surface area contributed by atoms with Gasteiger partial charge in [0.25, 0.3) is 0 Å². The monoisotopic (exact) mass is 331 g/mol. The average Bonchev–Trinajstić information content (AvgIpc) is 3.17. The van der Waals surface area contributed by atoms with Crippen molar-refractivity contribution in [2.45, 2.75) is 11.7 Å². The summed E-state index contributed by atoms with van der Waals surface area (Å²) in [5, 5.41) is 27.0. The standard InChI is InChI=1S/C15H13N3O4S/c19-11-5-3-10(4-6-11)14-16-17-15(23-9-13(20)21)18(14)8-12-2-1-7-22-12/h1-7,19H,8-9H2,(H,20,21). The number of phenolic OH excluding ortho intramolecular Hbond substituents is 1. The van der Waals surface area contributed by atoms with Crippen LogP contribution in [0.1, 0.15) is 5.76 Å². The molecule has 0 atom stereocenters. The zero-order chi connectivity index (χ0) is 16.2. The van der Waals surface area contributed by atoms with Crippen molar-refractivity contribution in [3.8, 4) is 17.1 Å². The second-order valence-corrected chi connectivity index (χ2v) is 5.64. The van der Waals surface area contributed by atoms with Crippen molar-refractivity contribution in [3.05, 3.63) is 48.4 Å². The van der Waals surface area contributed by atoms with Crippen LogP contribution in [0, 0.1) is 0 Å². The summed E-state index contributed by atoms with van der Waals surface area (Å²) in [5.74, 6) is 0.419. The van der Waals surface area contributed by atoms with E-state index in [2.05, 4.69) is 10.2 Å². The highest BCUT2D eigenvalue weighted by atomic mass is 32.2. The smallest absolute Gasteiger partial charge is 0.313 e. The van der Waals surface area contributed by atoms with Crippen LogP contribution >= 0.6 is 11.8 Å². The van der Waals surface area contributed by atoms with Crippen LogP contribution in [-0.4, -0.2) is 36.7 Å². The highest BCUT2D eigenvalue weighted by Crippen LogP contribution is 2.26. The Morgan fingerprint density at radius 3 is 2.65 bits per heavy atom. The van der Waals surface area contributed by atoms with E-state index in [4.69, 9.17) is 9.52 Å². The number of thioether (sulfide) groups is 1. The average molecular weight is 331 g/mol. The molecule has 0 amide bonds. The lowest BCUT2D eigenvalue weighted by atomic mass is 10.2. The molecular weight excluding hydrogens is 318 g/mol. The van der Waals surface area contributed by atoms with Crippen molar-refractivity contribution < 1.29 is 19.4 Å². The van der Waals surface area contributed by atoms with Crippen LogP contribution in [0.15, 0.2) is 52.2 Å². The molecule has 0 saturated carbocycles. The van der Waals surface area contributed by atoms with Crippen molar-refractivity contribution in [2.75, 3.05) is 5.75 Å². The predicted octanol–water partition coefficient (Wildman–Crippen LogP) is 2.47. The zero-order valence-corrected chi connectivity index (χ0v) is 12.7. The molecule has 7 nitrogen and oxygen atoms in total. The van der Waals surface area contributed by atoms with Gasteiger partial charge in [0, 0.05) is 5.56 Å². The third-order valence-electron chi connectivity index (χ3n) is 3.06. The Kier molecular flexibility index (Phi) is 4.33. The Hall–Kier alpha value is -2.74. The lowest BCUT2D eigenvalue weighted by molar-refractivity contribution is -0.133. The van der Waals surface area contributed by atoms with E-state index in [9.17, 15) is 9.90 Å². The van der Waals surface area contributed by atoms with Gasteiger partial charge in [-0.25, -0.2) is 0 Å². The summed E-state index contributed by atoms with van der Waals surface area (Å²) in [6, 6.07) is 10.2. The molecule has 0 aliphatic carbocycles. The Morgan fingerprint density at radius 1 is 1.22 bits per heavy atom. The van der Waals surface area contributed by atoms with Crippen LogP contribution in [0.3, 0.4) is 0 Å². The maximum atomic E-state index is 10.8.